The molecular weight excluding hydrogens is 158 g/mol. The molecule has 0 aromatic heterocycles. The van der Waals surface area contributed by atoms with Crippen LogP contribution >= 0.6 is 0 Å². The fourth-order valence-electron chi connectivity index (χ4n) is 1.33. The van der Waals surface area contributed by atoms with E-state index in [0.29, 0.717) is 31.1 Å². The zero-order valence-electron chi connectivity index (χ0n) is 7.37. The summed E-state index contributed by atoms with van der Waals surface area (Å²) < 4.78 is 4.51. The van der Waals surface area contributed by atoms with E-state index in [1.807, 2.05) is 0 Å². The molecule has 0 bridgehead atoms. The quantitative estimate of drug-likeness (QED) is 0.613. The van der Waals surface area contributed by atoms with E-state index in [9.17, 15) is 9.59 Å². The number of rotatable bonds is 2. The summed E-state index contributed by atoms with van der Waals surface area (Å²) in [6.07, 6.45) is 0.886. The molecule has 0 aliphatic heterocycles. The molecule has 0 spiro atoms. The number of carbonyl (C=O) groups is 2. The molecule has 1 aliphatic carbocycles. The Bertz CT molecular complexity index is 194. The van der Waals surface area contributed by atoms with Crippen LogP contribution in [0.25, 0.3) is 0 Å². The summed E-state index contributed by atoms with van der Waals surface area (Å²) in [5.41, 5.74) is 0. The third-order valence-corrected chi connectivity index (χ3v) is 2.05. The Morgan fingerprint density at radius 2 is 2.25 bits per heavy atom. The molecule has 0 radical (unpaired) electrons. The van der Waals surface area contributed by atoms with Crippen LogP contribution in [-0.2, 0) is 9.53 Å². The Kier molecular flexibility index (Phi) is 2.68. The second-order valence-electron chi connectivity index (χ2n) is 3.16. The average molecular weight is 171 g/mol. The van der Waals surface area contributed by atoms with Gasteiger partial charge in [0.1, 0.15) is 5.78 Å². The molecule has 0 aromatic carbocycles. The van der Waals surface area contributed by atoms with Crippen molar-refractivity contribution in [3.63, 3.8) is 0 Å². The fourth-order valence-corrected chi connectivity index (χ4v) is 1.33. The minimum atomic E-state index is -0.339. The first-order valence-corrected chi connectivity index (χ1v) is 3.94. The van der Waals surface area contributed by atoms with Crippen molar-refractivity contribution in [3.8, 4) is 0 Å². The van der Waals surface area contributed by atoms with Crippen LogP contribution in [0.2, 0.25) is 0 Å². The predicted octanol–water partition coefficient (Wildman–Crippen LogP) is 0.664. The van der Waals surface area contributed by atoms with Gasteiger partial charge in [-0.05, 0) is 5.92 Å². The minimum Gasteiger partial charge on any atom is -0.453 e. The third kappa shape index (κ3) is 1.96. The van der Waals surface area contributed by atoms with Crippen molar-refractivity contribution in [2.75, 3.05) is 20.7 Å². The normalized spacial score (nSPS) is 17.0. The van der Waals surface area contributed by atoms with Gasteiger partial charge in [-0.15, -0.1) is 0 Å². The molecule has 0 aromatic rings. The zero-order chi connectivity index (χ0) is 9.14. The smallest absolute Gasteiger partial charge is 0.409 e. The van der Waals surface area contributed by atoms with Crippen LogP contribution in [-0.4, -0.2) is 37.5 Å². The van der Waals surface area contributed by atoms with Gasteiger partial charge in [-0.25, -0.2) is 4.79 Å². The van der Waals surface area contributed by atoms with Gasteiger partial charge in [-0.2, -0.15) is 0 Å². The molecule has 1 saturated carbocycles. The molecular formula is C8H13NO3. The zero-order valence-corrected chi connectivity index (χ0v) is 7.37. The van der Waals surface area contributed by atoms with E-state index in [4.69, 9.17) is 0 Å². The molecule has 0 N–H and O–H groups in total. The summed E-state index contributed by atoms with van der Waals surface area (Å²) >= 11 is 0. The fraction of sp³-hybridized carbons (Fsp3) is 0.750. The highest BCUT2D eigenvalue weighted by molar-refractivity contribution is 5.84. The van der Waals surface area contributed by atoms with Crippen molar-refractivity contribution in [1.29, 1.82) is 0 Å². The lowest BCUT2D eigenvalue weighted by Gasteiger charge is -2.28. The van der Waals surface area contributed by atoms with E-state index in [-0.39, 0.29) is 6.09 Å². The molecule has 12 heavy (non-hydrogen) atoms. The topological polar surface area (TPSA) is 46.6 Å². The van der Waals surface area contributed by atoms with Gasteiger partial charge in [0, 0.05) is 26.4 Å². The summed E-state index contributed by atoms with van der Waals surface area (Å²) in [5, 5.41) is 0. The third-order valence-electron chi connectivity index (χ3n) is 2.05. The number of amides is 1. The van der Waals surface area contributed by atoms with Gasteiger partial charge < -0.3 is 9.64 Å². The Morgan fingerprint density at radius 3 is 2.67 bits per heavy atom. The Hall–Kier alpha value is -1.06. The lowest BCUT2D eigenvalue weighted by atomic mass is 9.84. The average Bonchev–Trinajstić information content (AvgIpc) is 2.00. The number of hydrogen-bond donors (Lipinski definition) is 0. The molecule has 1 aliphatic rings. The summed E-state index contributed by atoms with van der Waals surface area (Å²) in [6, 6.07) is 0. The lowest BCUT2D eigenvalue weighted by molar-refractivity contribution is -0.127. The molecule has 1 amide bonds. The predicted molar refractivity (Wildman–Crippen MR) is 42.8 cm³/mol. The van der Waals surface area contributed by atoms with Crippen LogP contribution < -0.4 is 0 Å². The van der Waals surface area contributed by atoms with Crippen LogP contribution in [0.5, 0.6) is 0 Å². The van der Waals surface area contributed by atoms with Crippen molar-refractivity contribution >= 4 is 11.9 Å². The monoisotopic (exact) mass is 171 g/mol. The van der Waals surface area contributed by atoms with E-state index in [2.05, 4.69) is 4.74 Å². The van der Waals surface area contributed by atoms with Crippen molar-refractivity contribution in [3.05, 3.63) is 0 Å². The maximum atomic E-state index is 10.9. The molecule has 0 saturated heterocycles. The summed E-state index contributed by atoms with van der Waals surface area (Å²) in [5.74, 6) is 0.639. The van der Waals surface area contributed by atoms with Crippen LogP contribution in [0.1, 0.15) is 12.8 Å². The molecule has 0 unspecified atom stereocenters. The van der Waals surface area contributed by atoms with Gasteiger partial charge in [0.2, 0.25) is 0 Å². The van der Waals surface area contributed by atoms with Crippen molar-refractivity contribution in [2.45, 2.75) is 12.8 Å². The molecule has 0 atom stereocenters. The van der Waals surface area contributed by atoms with Gasteiger partial charge in [0.15, 0.2) is 0 Å². The number of Topliss-reactive ketones (excluding diaryl/α,β-unsaturated/α-hetero) is 1. The van der Waals surface area contributed by atoms with E-state index in [0.717, 1.165) is 0 Å². The van der Waals surface area contributed by atoms with Crippen LogP contribution in [0.4, 0.5) is 4.79 Å². The SMILES string of the molecule is COC(=O)N(C)CC1CC(=O)C1. The highest BCUT2D eigenvalue weighted by Crippen LogP contribution is 2.23. The van der Waals surface area contributed by atoms with Gasteiger partial charge in [-0.3, -0.25) is 4.79 Å². The molecule has 1 fully saturated rings. The Morgan fingerprint density at radius 1 is 1.67 bits per heavy atom. The number of hydrogen-bond acceptors (Lipinski definition) is 3. The van der Waals surface area contributed by atoms with Gasteiger partial charge in [0.05, 0.1) is 7.11 Å². The number of ketones is 1. The molecule has 1 rings (SSSR count). The standard InChI is InChI=1S/C8H13NO3/c1-9(8(11)12-2)5-6-3-7(10)4-6/h6H,3-5H2,1-2H3. The van der Waals surface area contributed by atoms with Gasteiger partial charge in [-0.1, -0.05) is 0 Å². The second kappa shape index (κ2) is 3.56. The van der Waals surface area contributed by atoms with E-state index in [1.165, 1.54) is 12.0 Å². The first kappa shape index (κ1) is 9.03. The minimum absolute atomic E-state index is 0.290. The highest BCUT2D eigenvalue weighted by atomic mass is 16.5. The molecule has 4 nitrogen and oxygen atoms in total. The number of carbonyl (C=O) groups excluding carboxylic acids is 2. The van der Waals surface area contributed by atoms with Crippen molar-refractivity contribution in [1.82, 2.24) is 4.90 Å². The van der Waals surface area contributed by atoms with Crippen LogP contribution in [0, 0.1) is 5.92 Å². The second-order valence-corrected chi connectivity index (χ2v) is 3.16. The van der Waals surface area contributed by atoms with Crippen LogP contribution in [0.3, 0.4) is 0 Å². The van der Waals surface area contributed by atoms with E-state index < -0.39 is 0 Å². The Balaban J connectivity index is 2.22. The van der Waals surface area contributed by atoms with E-state index >= 15 is 0 Å². The largest absolute Gasteiger partial charge is 0.453 e. The first-order chi connectivity index (χ1) is 5.63. The first-order valence-electron chi connectivity index (χ1n) is 3.94. The number of nitrogens with zero attached hydrogens (tertiary/aromatic N) is 1. The molecule has 4 heteroatoms. The van der Waals surface area contributed by atoms with E-state index in [1.54, 1.807) is 7.05 Å². The van der Waals surface area contributed by atoms with Crippen LogP contribution in [0.15, 0.2) is 0 Å². The molecule has 68 valence electrons. The van der Waals surface area contributed by atoms with Gasteiger partial charge >= 0.3 is 6.09 Å². The van der Waals surface area contributed by atoms with Crippen molar-refractivity contribution < 1.29 is 14.3 Å². The summed E-state index contributed by atoms with van der Waals surface area (Å²) in [4.78, 5) is 23.0. The number of methoxy groups -OCH3 is 1. The Labute approximate surface area is 71.5 Å². The maximum Gasteiger partial charge on any atom is 0.409 e. The molecule has 0 heterocycles. The summed E-state index contributed by atoms with van der Waals surface area (Å²) in [6.45, 7) is 0.623. The highest BCUT2D eigenvalue weighted by Gasteiger charge is 2.28. The lowest BCUT2D eigenvalue weighted by Crippen LogP contribution is -2.37. The van der Waals surface area contributed by atoms with Gasteiger partial charge in [0.25, 0.3) is 0 Å². The maximum absolute atomic E-state index is 10.9. The summed E-state index contributed by atoms with van der Waals surface area (Å²) in [7, 11) is 3.03. The number of ether oxygens (including phenoxy) is 1. The van der Waals surface area contributed by atoms with Crippen molar-refractivity contribution in [2.24, 2.45) is 5.92 Å².